The molecule has 1 atom stereocenters. The fourth-order valence-electron chi connectivity index (χ4n) is 1.02. The normalized spacial score (nSPS) is 12.8. The van der Waals surface area contributed by atoms with Crippen molar-refractivity contribution in [2.45, 2.75) is 5.75 Å². The van der Waals surface area contributed by atoms with Gasteiger partial charge in [-0.1, -0.05) is 17.7 Å². The lowest BCUT2D eigenvalue weighted by Crippen LogP contribution is -2.11. The Kier molecular flexibility index (Phi) is 4.51. The van der Waals surface area contributed by atoms with Crippen molar-refractivity contribution in [2.75, 3.05) is 12.3 Å². The lowest BCUT2D eigenvalue weighted by atomic mass is 10.2. The van der Waals surface area contributed by atoms with Gasteiger partial charge in [0.2, 0.25) is 0 Å². The van der Waals surface area contributed by atoms with Crippen LogP contribution in [0, 0.1) is 5.82 Å². The first kappa shape index (κ1) is 11.6. The summed E-state index contributed by atoms with van der Waals surface area (Å²) in [6.45, 7) is 0.378. The average molecular weight is 236 g/mol. The van der Waals surface area contributed by atoms with Gasteiger partial charge in [-0.15, -0.1) is 0 Å². The highest BCUT2D eigenvalue weighted by atomic mass is 35.5. The van der Waals surface area contributed by atoms with E-state index in [1.54, 1.807) is 6.07 Å². The molecule has 14 heavy (non-hydrogen) atoms. The van der Waals surface area contributed by atoms with Gasteiger partial charge in [0, 0.05) is 28.9 Å². The van der Waals surface area contributed by atoms with Crippen LogP contribution in [0.1, 0.15) is 5.56 Å². The Morgan fingerprint density at radius 2 is 2.21 bits per heavy atom. The molecule has 0 radical (unpaired) electrons. The maximum absolute atomic E-state index is 13.0. The predicted octanol–water partition coefficient (Wildman–Crippen LogP) is 1.69. The Morgan fingerprint density at radius 1 is 1.50 bits per heavy atom. The molecule has 0 spiro atoms. The van der Waals surface area contributed by atoms with Gasteiger partial charge in [0.05, 0.1) is 5.02 Å². The molecule has 0 saturated heterocycles. The van der Waals surface area contributed by atoms with Crippen molar-refractivity contribution in [1.82, 2.24) is 0 Å². The van der Waals surface area contributed by atoms with Crippen molar-refractivity contribution in [3.63, 3.8) is 0 Å². The van der Waals surface area contributed by atoms with Crippen molar-refractivity contribution in [1.29, 1.82) is 0 Å². The molecule has 0 aliphatic carbocycles. The van der Waals surface area contributed by atoms with Gasteiger partial charge in [-0.3, -0.25) is 4.21 Å². The van der Waals surface area contributed by atoms with Crippen molar-refractivity contribution in [2.24, 2.45) is 5.73 Å². The van der Waals surface area contributed by atoms with E-state index >= 15 is 0 Å². The molecule has 2 N–H and O–H groups in total. The fraction of sp³-hybridized carbons (Fsp3) is 0.333. The fourth-order valence-corrected chi connectivity index (χ4v) is 2.10. The maximum atomic E-state index is 13.0. The molecule has 0 saturated carbocycles. The molecule has 0 amide bonds. The quantitative estimate of drug-likeness (QED) is 0.863. The molecule has 0 heterocycles. The largest absolute Gasteiger partial charge is 0.330 e. The van der Waals surface area contributed by atoms with E-state index in [0.29, 0.717) is 23.6 Å². The van der Waals surface area contributed by atoms with Gasteiger partial charge in [0.1, 0.15) is 5.82 Å². The molecular formula is C9H11ClFNOS. The van der Waals surface area contributed by atoms with Crippen molar-refractivity contribution < 1.29 is 8.60 Å². The molecular weight excluding hydrogens is 225 g/mol. The molecule has 1 aromatic carbocycles. The van der Waals surface area contributed by atoms with Gasteiger partial charge < -0.3 is 5.73 Å². The van der Waals surface area contributed by atoms with Crippen LogP contribution in [0.3, 0.4) is 0 Å². The van der Waals surface area contributed by atoms with Crippen LogP contribution in [0.5, 0.6) is 0 Å². The number of benzene rings is 1. The summed E-state index contributed by atoms with van der Waals surface area (Å²) in [5.41, 5.74) is 5.93. The maximum Gasteiger partial charge on any atom is 0.142 e. The molecule has 5 heteroatoms. The van der Waals surface area contributed by atoms with Crippen LogP contribution in [-0.4, -0.2) is 16.5 Å². The summed E-state index contributed by atoms with van der Waals surface area (Å²) < 4.78 is 24.2. The van der Waals surface area contributed by atoms with E-state index in [1.165, 1.54) is 12.1 Å². The minimum Gasteiger partial charge on any atom is -0.330 e. The highest BCUT2D eigenvalue weighted by Gasteiger charge is 2.04. The average Bonchev–Trinajstić information content (AvgIpc) is 2.12. The van der Waals surface area contributed by atoms with Crippen LogP contribution < -0.4 is 5.73 Å². The van der Waals surface area contributed by atoms with Gasteiger partial charge in [0.15, 0.2) is 0 Å². The van der Waals surface area contributed by atoms with Crippen LogP contribution in [0.15, 0.2) is 18.2 Å². The van der Waals surface area contributed by atoms with E-state index in [9.17, 15) is 8.60 Å². The third-order valence-corrected chi connectivity index (χ3v) is 3.31. The summed E-state index contributed by atoms with van der Waals surface area (Å²) in [5.74, 6) is 0.282. The molecule has 2 nitrogen and oxygen atoms in total. The minimum absolute atomic E-state index is 0.0818. The monoisotopic (exact) mass is 235 g/mol. The summed E-state index contributed by atoms with van der Waals surface area (Å²) in [6.07, 6.45) is 0. The number of hydrogen-bond donors (Lipinski definition) is 1. The second-order valence-corrected chi connectivity index (χ2v) is 4.81. The number of rotatable bonds is 4. The Bertz CT molecular complexity index is 346. The Labute approximate surface area is 89.7 Å². The standard InChI is InChI=1S/C9H11ClFNOS/c10-8-2-1-7(5-9(8)11)6-14(13)4-3-12/h1-2,5H,3-4,6,12H2. The lowest BCUT2D eigenvalue weighted by Gasteiger charge is -2.02. The zero-order valence-corrected chi connectivity index (χ0v) is 9.08. The van der Waals surface area contributed by atoms with Crippen LogP contribution in [0.2, 0.25) is 5.02 Å². The SMILES string of the molecule is NCCS(=O)Cc1ccc(Cl)c(F)c1. The highest BCUT2D eigenvalue weighted by molar-refractivity contribution is 7.84. The molecule has 0 aliphatic heterocycles. The molecule has 0 fully saturated rings. The first-order valence-corrected chi connectivity index (χ1v) is 5.99. The molecule has 1 aromatic rings. The Balaban J connectivity index is 2.68. The Morgan fingerprint density at radius 3 is 2.79 bits per heavy atom. The zero-order valence-electron chi connectivity index (χ0n) is 7.50. The van der Waals surface area contributed by atoms with Crippen molar-refractivity contribution in [3.8, 4) is 0 Å². The van der Waals surface area contributed by atoms with E-state index in [1.807, 2.05) is 0 Å². The topological polar surface area (TPSA) is 43.1 Å². The van der Waals surface area contributed by atoms with E-state index in [-0.39, 0.29) is 5.02 Å². The second-order valence-electron chi connectivity index (χ2n) is 2.83. The van der Waals surface area contributed by atoms with Crippen molar-refractivity contribution >= 4 is 22.4 Å². The second kappa shape index (κ2) is 5.44. The molecule has 0 aromatic heterocycles. The van der Waals surface area contributed by atoms with Gasteiger partial charge in [-0.05, 0) is 17.7 Å². The molecule has 1 rings (SSSR count). The zero-order chi connectivity index (χ0) is 10.6. The van der Waals surface area contributed by atoms with Crippen LogP contribution in [-0.2, 0) is 16.6 Å². The minimum atomic E-state index is -1.02. The summed E-state index contributed by atoms with van der Waals surface area (Å²) in [7, 11) is -1.02. The van der Waals surface area contributed by atoms with E-state index in [2.05, 4.69) is 0 Å². The van der Waals surface area contributed by atoms with Gasteiger partial charge in [-0.25, -0.2) is 4.39 Å². The Hall–Kier alpha value is -0.450. The predicted molar refractivity (Wildman–Crippen MR) is 57.2 cm³/mol. The number of hydrogen-bond acceptors (Lipinski definition) is 2. The molecule has 0 bridgehead atoms. The summed E-state index contributed by atoms with van der Waals surface area (Å²) in [4.78, 5) is 0. The van der Waals surface area contributed by atoms with Crippen LogP contribution in [0.4, 0.5) is 4.39 Å². The van der Waals surface area contributed by atoms with Gasteiger partial charge in [-0.2, -0.15) is 0 Å². The first-order valence-electron chi connectivity index (χ1n) is 4.12. The first-order chi connectivity index (χ1) is 6.63. The third kappa shape index (κ3) is 3.36. The van der Waals surface area contributed by atoms with Crippen molar-refractivity contribution in [3.05, 3.63) is 34.6 Å². The van der Waals surface area contributed by atoms with E-state index in [0.717, 1.165) is 0 Å². The smallest absolute Gasteiger partial charge is 0.142 e. The summed E-state index contributed by atoms with van der Waals surface area (Å²) >= 11 is 5.51. The summed E-state index contributed by atoms with van der Waals surface area (Å²) in [5, 5.41) is 0.0818. The third-order valence-electron chi connectivity index (χ3n) is 1.66. The highest BCUT2D eigenvalue weighted by Crippen LogP contribution is 2.16. The van der Waals surface area contributed by atoms with Gasteiger partial charge >= 0.3 is 0 Å². The number of nitrogens with two attached hydrogens (primary N) is 1. The van der Waals surface area contributed by atoms with E-state index in [4.69, 9.17) is 17.3 Å². The van der Waals surface area contributed by atoms with Crippen LogP contribution in [0.25, 0.3) is 0 Å². The van der Waals surface area contributed by atoms with Crippen LogP contribution >= 0.6 is 11.6 Å². The molecule has 1 unspecified atom stereocenters. The lowest BCUT2D eigenvalue weighted by molar-refractivity contribution is 0.626. The molecule has 78 valence electrons. The summed E-state index contributed by atoms with van der Waals surface area (Å²) in [6, 6.07) is 4.43. The van der Waals surface area contributed by atoms with E-state index < -0.39 is 16.6 Å². The van der Waals surface area contributed by atoms with Gasteiger partial charge in [0.25, 0.3) is 0 Å². The molecule has 0 aliphatic rings. The number of halogens is 2.